The Labute approximate surface area is 117 Å². The van der Waals surface area contributed by atoms with Crippen LogP contribution in [0.15, 0.2) is 5.38 Å². The third-order valence-corrected chi connectivity index (χ3v) is 4.37. The van der Waals surface area contributed by atoms with Crippen molar-refractivity contribution in [1.29, 1.82) is 0 Å². The van der Waals surface area contributed by atoms with Crippen molar-refractivity contribution in [2.45, 2.75) is 32.9 Å². The third kappa shape index (κ3) is 3.75. The quantitative estimate of drug-likeness (QED) is 0.885. The highest BCUT2D eigenvalue weighted by Gasteiger charge is 2.23. The van der Waals surface area contributed by atoms with E-state index in [9.17, 15) is 9.90 Å². The molecule has 0 saturated carbocycles. The Bertz CT molecular complexity index is 425. The smallest absolute Gasteiger partial charge is 0.251 e. The van der Waals surface area contributed by atoms with Crippen molar-refractivity contribution in [3.05, 3.63) is 16.1 Å². The second-order valence-electron chi connectivity index (χ2n) is 4.86. The highest BCUT2D eigenvalue weighted by atomic mass is 32.1. The van der Waals surface area contributed by atoms with Gasteiger partial charge in [-0.05, 0) is 13.3 Å². The molecule has 2 rings (SSSR count). The fraction of sp³-hybridized carbons (Fsp3) is 0.692. The van der Waals surface area contributed by atoms with Crippen molar-refractivity contribution in [3.63, 3.8) is 0 Å². The number of aryl methyl sites for hydroxylation is 1. The molecular weight excluding hydrogens is 262 g/mol. The minimum Gasteiger partial charge on any atom is -0.384 e. The summed E-state index contributed by atoms with van der Waals surface area (Å²) in [5.41, 5.74) is 1.12. The normalized spacial score (nSPS) is 18.6. The first-order valence-electron chi connectivity index (χ1n) is 6.72. The van der Waals surface area contributed by atoms with Crippen LogP contribution in [0.25, 0.3) is 0 Å². The number of carbonyl (C=O) groups excluding carboxylic acids is 1. The van der Waals surface area contributed by atoms with E-state index in [1.165, 1.54) is 11.9 Å². The maximum atomic E-state index is 11.7. The summed E-state index contributed by atoms with van der Waals surface area (Å²) in [6.07, 6.45) is 0.0960. The van der Waals surface area contributed by atoms with E-state index in [1.54, 1.807) is 16.2 Å². The number of hydrogen-bond acceptors (Lipinski definition) is 5. The number of thiazole rings is 1. The van der Waals surface area contributed by atoms with Gasteiger partial charge in [-0.25, -0.2) is 4.98 Å². The molecule has 5 nitrogen and oxygen atoms in total. The van der Waals surface area contributed by atoms with Crippen molar-refractivity contribution in [2.75, 3.05) is 26.2 Å². The summed E-state index contributed by atoms with van der Waals surface area (Å²) >= 11 is 1.71. The average molecular weight is 283 g/mol. The summed E-state index contributed by atoms with van der Waals surface area (Å²) in [4.78, 5) is 20.3. The monoisotopic (exact) mass is 283 g/mol. The lowest BCUT2D eigenvalue weighted by atomic mass is 10.2. The number of amides is 1. The molecule has 1 aliphatic rings. The summed E-state index contributed by atoms with van der Waals surface area (Å²) in [6, 6.07) is 0. The van der Waals surface area contributed by atoms with E-state index in [1.807, 2.05) is 0 Å². The van der Waals surface area contributed by atoms with Crippen molar-refractivity contribution in [2.24, 2.45) is 0 Å². The molecule has 1 aromatic heterocycles. The molecule has 19 heavy (non-hydrogen) atoms. The summed E-state index contributed by atoms with van der Waals surface area (Å²) in [5.74, 6) is -0.165. The standard InChI is InChI=1S/C13H21N3O2S/c1-3-12-14-11(9-19-12)8-15-4-6-16(7-5-15)13(18)10(2)17/h9-10,17H,3-8H2,1-2H3. The fourth-order valence-electron chi connectivity index (χ4n) is 2.20. The van der Waals surface area contributed by atoms with Crippen molar-refractivity contribution in [3.8, 4) is 0 Å². The van der Waals surface area contributed by atoms with Crippen LogP contribution in [0.3, 0.4) is 0 Å². The Morgan fingerprint density at radius 2 is 2.16 bits per heavy atom. The van der Waals surface area contributed by atoms with Crippen LogP contribution in [-0.4, -0.2) is 58.1 Å². The zero-order chi connectivity index (χ0) is 13.8. The van der Waals surface area contributed by atoms with E-state index in [0.717, 1.165) is 31.7 Å². The molecule has 1 aliphatic heterocycles. The molecule has 0 spiro atoms. The highest BCUT2D eigenvalue weighted by molar-refractivity contribution is 7.09. The number of aliphatic hydroxyl groups is 1. The first kappa shape index (κ1) is 14.4. The third-order valence-electron chi connectivity index (χ3n) is 3.33. The SMILES string of the molecule is CCc1nc(CN2CCN(C(=O)C(C)O)CC2)cs1. The molecule has 1 amide bonds. The van der Waals surface area contributed by atoms with Crippen LogP contribution in [0.4, 0.5) is 0 Å². The molecule has 0 radical (unpaired) electrons. The van der Waals surface area contributed by atoms with Crippen molar-refractivity contribution < 1.29 is 9.90 Å². The van der Waals surface area contributed by atoms with Gasteiger partial charge in [-0.15, -0.1) is 11.3 Å². The molecule has 1 fully saturated rings. The number of aromatic nitrogens is 1. The van der Waals surface area contributed by atoms with E-state index < -0.39 is 6.10 Å². The fourth-order valence-corrected chi connectivity index (χ4v) is 2.94. The second-order valence-corrected chi connectivity index (χ2v) is 5.81. The topological polar surface area (TPSA) is 56.7 Å². The molecule has 6 heteroatoms. The van der Waals surface area contributed by atoms with E-state index in [2.05, 4.69) is 22.2 Å². The molecule has 0 aliphatic carbocycles. The van der Waals surface area contributed by atoms with Crippen molar-refractivity contribution in [1.82, 2.24) is 14.8 Å². The first-order valence-corrected chi connectivity index (χ1v) is 7.60. The predicted molar refractivity (Wildman–Crippen MR) is 75.0 cm³/mol. The summed E-state index contributed by atoms with van der Waals surface area (Å²) in [6.45, 7) is 7.56. The Balaban J connectivity index is 1.81. The molecule has 106 valence electrons. The van der Waals surface area contributed by atoms with E-state index in [0.29, 0.717) is 13.1 Å². The number of piperazine rings is 1. The van der Waals surface area contributed by atoms with Gasteiger partial charge in [0.15, 0.2) is 0 Å². The van der Waals surface area contributed by atoms with Gasteiger partial charge in [0.1, 0.15) is 6.10 Å². The average Bonchev–Trinajstić information content (AvgIpc) is 2.86. The van der Waals surface area contributed by atoms with Gasteiger partial charge in [0.05, 0.1) is 10.7 Å². The van der Waals surface area contributed by atoms with Crippen LogP contribution in [-0.2, 0) is 17.8 Å². The Hall–Kier alpha value is -0.980. The number of hydrogen-bond donors (Lipinski definition) is 1. The van der Waals surface area contributed by atoms with Crippen LogP contribution >= 0.6 is 11.3 Å². The minimum absolute atomic E-state index is 0.165. The number of aliphatic hydroxyl groups excluding tert-OH is 1. The Morgan fingerprint density at radius 3 is 2.68 bits per heavy atom. The van der Waals surface area contributed by atoms with Crippen LogP contribution in [0, 0.1) is 0 Å². The van der Waals surface area contributed by atoms with Crippen molar-refractivity contribution >= 4 is 17.2 Å². The second kappa shape index (κ2) is 6.45. The lowest BCUT2D eigenvalue weighted by Crippen LogP contribution is -2.50. The van der Waals surface area contributed by atoms with Crippen LogP contribution in [0.5, 0.6) is 0 Å². The number of nitrogens with zero attached hydrogens (tertiary/aromatic N) is 3. The van der Waals surface area contributed by atoms with E-state index in [-0.39, 0.29) is 5.91 Å². The number of rotatable bonds is 4. The molecule has 2 heterocycles. The van der Waals surface area contributed by atoms with Gasteiger partial charge >= 0.3 is 0 Å². The molecule has 1 atom stereocenters. The molecule has 1 unspecified atom stereocenters. The zero-order valence-electron chi connectivity index (χ0n) is 11.5. The molecule has 1 N–H and O–H groups in total. The zero-order valence-corrected chi connectivity index (χ0v) is 12.3. The van der Waals surface area contributed by atoms with E-state index >= 15 is 0 Å². The van der Waals surface area contributed by atoms with Gasteiger partial charge < -0.3 is 10.0 Å². The molecule has 1 saturated heterocycles. The van der Waals surface area contributed by atoms with Gasteiger partial charge in [0, 0.05) is 38.1 Å². The van der Waals surface area contributed by atoms with Gasteiger partial charge in [-0.1, -0.05) is 6.92 Å². The van der Waals surface area contributed by atoms with E-state index in [4.69, 9.17) is 0 Å². The Kier molecular flexibility index (Phi) is 4.90. The lowest BCUT2D eigenvalue weighted by Gasteiger charge is -2.34. The molecule has 0 bridgehead atoms. The van der Waals surface area contributed by atoms with Crippen LogP contribution < -0.4 is 0 Å². The molecular formula is C13H21N3O2S. The lowest BCUT2D eigenvalue weighted by molar-refractivity contribution is -0.141. The van der Waals surface area contributed by atoms with Gasteiger partial charge in [-0.2, -0.15) is 0 Å². The summed E-state index contributed by atoms with van der Waals surface area (Å²) in [5, 5.41) is 12.6. The highest BCUT2D eigenvalue weighted by Crippen LogP contribution is 2.13. The van der Waals surface area contributed by atoms with Crippen LogP contribution in [0.1, 0.15) is 24.5 Å². The summed E-state index contributed by atoms with van der Waals surface area (Å²) in [7, 11) is 0. The molecule has 1 aromatic rings. The molecule has 0 aromatic carbocycles. The van der Waals surface area contributed by atoms with Crippen LogP contribution in [0.2, 0.25) is 0 Å². The first-order chi connectivity index (χ1) is 9.10. The largest absolute Gasteiger partial charge is 0.384 e. The Morgan fingerprint density at radius 1 is 1.47 bits per heavy atom. The van der Waals surface area contributed by atoms with Gasteiger partial charge in [-0.3, -0.25) is 9.69 Å². The maximum Gasteiger partial charge on any atom is 0.251 e. The minimum atomic E-state index is -0.891. The maximum absolute atomic E-state index is 11.7. The number of carbonyl (C=O) groups is 1. The summed E-state index contributed by atoms with van der Waals surface area (Å²) < 4.78 is 0. The van der Waals surface area contributed by atoms with Gasteiger partial charge in [0.2, 0.25) is 0 Å². The van der Waals surface area contributed by atoms with Gasteiger partial charge in [0.25, 0.3) is 5.91 Å². The predicted octanol–water partition coefficient (Wildman–Crippen LogP) is 0.730.